The fourth-order valence-electron chi connectivity index (χ4n) is 3.45. The van der Waals surface area contributed by atoms with Crippen molar-refractivity contribution >= 4 is 33.1 Å². The van der Waals surface area contributed by atoms with Gasteiger partial charge in [0.25, 0.3) is 5.56 Å². The summed E-state index contributed by atoms with van der Waals surface area (Å²) >= 11 is 1.56. The number of hydrogen-bond donors (Lipinski definition) is 1. The lowest BCUT2D eigenvalue weighted by molar-refractivity contribution is -0.117. The number of nitrogens with zero attached hydrogens (tertiary/aromatic N) is 3. The average molecular weight is 368 g/mol. The molecule has 1 atom stereocenters. The molecule has 1 unspecified atom stereocenters. The van der Waals surface area contributed by atoms with E-state index < -0.39 is 0 Å². The second kappa shape index (κ2) is 6.64. The van der Waals surface area contributed by atoms with Gasteiger partial charge in [0.2, 0.25) is 5.91 Å². The van der Waals surface area contributed by atoms with E-state index in [0.717, 1.165) is 30.4 Å². The summed E-state index contributed by atoms with van der Waals surface area (Å²) in [5, 5.41) is 11.6. The van der Waals surface area contributed by atoms with Crippen LogP contribution in [-0.2, 0) is 24.2 Å². The van der Waals surface area contributed by atoms with Gasteiger partial charge >= 0.3 is 0 Å². The Balaban J connectivity index is 1.62. The van der Waals surface area contributed by atoms with Crippen molar-refractivity contribution in [2.24, 2.45) is 5.92 Å². The third kappa shape index (κ3) is 3.14. The molecule has 2 heterocycles. The molecule has 0 spiro atoms. The van der Waals surface area contributed by atoms with Crippen molar-refractivity contribution in [1.82, 2.24) is 15.0 Å². The van der Waals surface area contributed by atoms with Crippen molar-refractivity contribution < 1.29 is 4.79 Å². The number of aryl methyl sites for hydroxylation is 2. The number of carbonyl (C=O) groups is 1. The van der Waals surface area contributed by atoms with E-state index in [9.17, 15) is 9.59 Å². The molecular weight excluding hydrogens is 348 g/mol. The maximum absolute atomic E-state index is 12.9. The molecule has 0 bridgehead atoms. The molecule has 1 amide bonds. The van der Waals surface area contributed by atoms with E-state index in [2.05, 4.69) is 22.6 Å². The van der Waals surface area contributed by atoms with Gasteiger partial charge in [-0.05, 0) is 55.4 Å². The molecule has 1 aromatic carbocycles. The smallest absolute Gasteiger partial charge is 0.279 e. The van der Waals surface area contributed by atoms with Crippen molar-refractivity contribution in [3.05, 3.63) is 50.6 Å². The number of benzene rings is 1. The summed E-state index contributed by atoms with van der Waals surface area (Å²) < 4.78 is 1.17. The molecule has 1 aliphatic carbocycles. The minimum absolute atomic E-state index is 0.142. The largest absolute Gasteiger partial charge is 0.324 e. The predicted octanol–water partition coefficient (Wildman–Crippen LogP) is 2.92. The van der Waals surface area contributed by atoms with Crippen molar-refractivity contribution in [2.75, 3.05) is 5.32 Å². The van der Waals surface area contributed by atoms with Crippen LogP contribution >= 0.6 is 11.3 Å². The highest BCUT2D eigenvalue weighted by Crippen LogP contribution is 2.35. The van der Waals surface area contributed by atoms with Crippen LogP contribution in [0.25, 0.3) is 10.2 Å². The van der Waals surface area contributed by atoms with E-state index >= 15 is 0 Å². The van der Waals surface area contributed by atoms with Gasteiger partial charge in [0, 0.05) is 10.6 Å². The Morgan fingerprint density at radius 1 is 1.42 bits per heavy atom. The Labute approximate surface area is 154 Å². The predicted molar refractivity (Wildman–Crippen MR) is 103 cm³/mol. The Morgan fingerprint density at radius 3 is 3.08 bits per heavy atom. The van der Waals surface area contributed by atoms with Crippen molar-refractivity contribution in [2.45, 2.75) is 39.7 Å². The van der Waals surface area contributed by atoms with Gasteiger partial charge < -0.3 is 5.32 Å². The van der Waals surface area contributed by atoms with E-state index in [-0.39, 0.29) is 18.0 Å². The fraction of sp³-hybridized carbons (Fsp3) is 0.368. The van der Waals surface area contributed by atoms with Gasteiger partial charge in [0.05, 0.1) is 5.39 Å². The second-order valence-electron chi connectivity index (χ2n) is 7.00. The van der Waals surface area contributed by atoms with Crippen LogP contribution in [0, 0.1) is 12.8 Å². The second-order valence-corrected chi connectivity index (χ2v) is 8.09. The van der Waals surface area contributed by atoms with Crippen LogP contribution in [0.3, 0.4) is 0 Å². The van der Waals surface area contributed by atoms with Crippen LogP contribution in [-0.4, -0.2) is 20.9 Å². The van der Waals surface area contributed by atoms with Crippen LogP contribution in [0.15, 0.2) is 29.1 Å². The molecule has 0 radical (unpaired) electrons. The monoisotopic (exact) mass is 368 g/mol. The molecule has 0 aliphatic heterocycles. The molecule has 1 N–H and O–H groups in total. The molecule has 1 aliphatic rings. The minimum Gasteiger partial charge on any atom is -0.324 e. The number of aromatic nitrogens is 3. The van der Waals surface area contributed by atoms with Crippen molar-refractivity contribution in [3.63, 3.8) is 0 Å². The summed E-state index contributed by atoms with van der Waals surface area (Å²) in [7, 11) is 0. The molecule has 7 heteroatoms. The van der Waals surface area contributed by atoms with Crippen molar-refractivity contribution in [3.8, 4) is 0 Å². The number of amides is 1. The normalized spacial score (nSPS) is 16.5. The van der Waals surface area contributed by atoms with Crippen LogP contribution in [0.2, 0.25) is 0 Å². The van der Waals surface area contributed by atoms with E-state index in [1.165, 1.54) is 9.56 Å². The summed E-state index contributed by atoms with van der Waals surface area (Å²) in [6.07, 6.45) is 2.96. The molecule has 0 fully saturated rings. The van der Waals surface area contributed by atoms with Gasteiger partial charge in [-0.3, -0.25) is 9.59 Å². The van der Waals surface area contributed by atoms with E-state index in [4.69, 9.17) is 0 Å². The molecule has 26 heavy (non-hydrogen) atoms. The quantitative estimate of drug-likeness (QED) is 0.771. The zero-order valence-corrected chi connectivity index (χ0v) is 15.6. The Kier molecular flexibility index (Phi) is 4.32. The molecule has 0 saturated carbocycles. The fourth-order valence-corrected chi connectivity index (χ4v) is 4.77. The van der Waals surface area contributed by atoms with E-state index in [0.29, 0.717) is 21.8 Å². The molecular formula is C19H20N4O2S. The van der Waals surface area contributed by atoms with Crippen LogP contribution in [0.5, 0.6) is 0 Å². The Morgan fingerprint density at radius 2 is 2.27 bits per heavy atom. The first kappa shape index (κ1) is 16.9. The average Bonchev–Trinajstić information content (AvgIpc) is 2.95. The first-order chi connectivity index (χ1) is 12.5. The number of thiophene rings is 1. The number of anilines is 1. The first-order valence-electron chi connectivity index (χ1n) is 8.76. The summed E-state index contributed by atoms with van der Waals surface area (Å²) in [5.41, 5.74) is 2.65. The van der Waals surface area contributed by atoms with Gasteiger partial charge in [0.15, 0.2) is 4.83 Å². The third-order valence-corrected chi connectivity index (χ3v) is 5.92. The lowest BCUT2D eigenvalue weighted by atomic mass is 9.89. The van der Waals surface area contributed by atoms with Gasteiger partial charge in [-0.15, -0.1) is 16.4 Å². The van der Waals surface area contributed by atoms with Gasteiger partial charge in [-0.1, -0.05) is 24.3 Å². The molecule has 6 nitrogen and oxygen atoms in total. The van der Waals surface area contributed by atoms with Crippen LogP contribution < -0.4 is 10.9 Å². The highest BCUT2D eigenvalue weighted by atomic mass is 32.1. The Hall–Kier alpha value is -2.54. The van der Waals surface area contributed by atoms with Gasteiger partial charge in [-0.25, -0.2) is 4.68 Å². The standard InChI is InChI=1S/C19H20N4O2S/c1-11-4-3-5-13(8-11)20-16(24)10-23-19(25)17-14-7-6-12(2)9-15(14)26-18(17)21-22-23/h3-5,8,12H,6-7,9-10H2,1-2H3,(H,20,24). The zero-order chi connectivity index (χ0) is 18.3. The maximum Gasteiger partial charge on any atom is 0.279 e. The number of carbonyl (C=O) groups excluding carboxylic acids is 1. The minimum atomic E-state index is -0.288. The number of rotatable bonds is 3. The third-order valence-electron chi connectivity index (χ3n) is 4.78. The van der Waals surface area contributed by atoms with Crippen LogP contribution in [0.4, 0.5) is 5.69 Å². The van der Waals surface area contributed by atoms with E-state index in [1.54, 1.807) is 11.3 Å². The molecule has 4 rings (SSSR count). The molecule has 134 valence electrons. The summed E-state index contributed by atoms with van der Waals surface area (Å²) in [5.74, 6) is 0.343. The van der Waals surface area contributed by atoms with Crippen LogP contribution in [0.1, 0.15) is 29.3 Å². The number of hydrogen-bond acceptors (Lipinski definition) is 5. The summed E-state index contributed by atoms with van der Waals surface area (Å²) in [4.78, 5) is 27.1. The Bertz CT molecular complexity index is 1050. The maximum atomic E-state index is 12.9. The lowest BCUT2D eigenvalue weighted by Gasteiger charge is -2.17. The highest BCUT2D eigenvalue weighted by Gasteiger charge is 2.24. The summed E-state index contributed by atoms with van der Waals surface area (Å²) in [6.45, 7) is 4.05. The number of nitrogens with one attached hydrogen (secondary N) is 1. The highest BCUT2D eigenvalue weighted by molar-refractivity contribution is 7.18. The summed E-state index contributed by atoms with van der Waals surface area (Å²) in [6, 6.07) is 7.53. The molecule has 0 saturated heterocycles. The van der Waals surface area contributed by atoms with Gasteiger partial charge in [0.1, 0.15) is 6.54 Å². The van der Waals surface area contributed by atoms with Gasteiger partial charge in [-0.2, -0.15) is 0 Å². The first-order valence-corrected chi connectivity index (χ1v) is 9.57. The molecule has 2 aromatic heterocycles. The lowest BCUT2D eigenvalue weighted by Crippen LogP contribution is -2.30. The van der Waals surface area contributed by atoms with E-state index in [1.807, 2.05) is 31.2 Å². The van der Waals surface area contributed by atoms with Crippen molar-refractivity contribution in [1.29, 1.82) is 0 Å². The molecule has 3 aromatic rings. The zero-order valence-electron chi connectivity index (χ0n) is 14.8. The SMILES string of the molecule is Cc1cccc(NC(=O)Cn2nnc3sc4c(c3c2=O)CCC(C)C4)c1. The number of fused-ring (bicyclic) bond motifs is 3. The topological polar surface area (TPSA) is 76.9 Å².